The number of carbonyl (C=O) groups is 2. The van der Waals surface area contributed by atoms with E-state index in [0.29, 0.717) is 11.3 Å². The number of carbonyl (C=O) groups excluding carboxylic acids is 1. The summed E-state index contributed by atoms with van der Waals surface area (Å²) < 4.78 is 31.1. The van der Waals surface area contributed by atoms with Crippen LogP contribution in [-0.2, 0) is 11.3 Å². The van der Waals surface area contributed by atoms with Crippen molar-refractivity contribution in [3.8, 4) is 0 Å². The summed E-state index contributed by atoms with van der Waals surface area (Å²) in [5.41, 5.74) is 0.360. The molecule has 23 heavy (non-hydrogen) atoms. The fourth-order valence-electron chi connectivity index (χ4n) is 1.97. The lowest BCUT2D eigenvalue weighted by Crippen LogP contribution is -2.33. The number of hydrogen-bond donors (Lipinski definition) is 1. The Balaban J connectivity index is 2.20. The van der Waals surface area contributed by atoms with Crippen molar-refractivity contribution in [1.29, 1.82) is 0 Å². The maximum Gasteiger partial charge on any atom is 0.305 e. The molecule has 122 valence electrons. The molecule has 1 heterocycles. The molecule has 0 saturated carbocycles. The second kappa shape index (κ2) is 6.99. The van der Waals surface area contributed by atoms with E-state index in [-0.39, 0.29) is 25.2 Å². The minimum absolute atomic E-state index is 0.0236. The number of halogens is 2. The van der Waals surface area contributed by atoms with Crippen LogP contribution in [0.5, 0.6) is 0 Å². The predicted molar refractivity (Wildman–Crippen MR) is 74.6 cm³/mol. The number of aliphatic carboxylic acids is 1. The normalized spacial score (nSPS) is 10.6. The standard InChI is InChI=1S/C15H14F2N2O4/c1-9-6-13(18-23-9)15(22)19(5-4-14(20)21)8-10-2-3-11(16)12(17)7-10/h2-3,6-7H,4-5,8H2,1H3,(H,20,21). The number of benzene rings is 1. The van der Waals surface area contributed by atoms with Gasteiger partial charge in [-0.1, -0.05) is 11.2 Å². The Hall–Kier alpha value is -2.77. The van der Waals surface area contributed by atoms with E-state index in [2.05, 4.69) is 5.16 Å². The Morgan fingerprint density at radius 2 is 2.00 bits per heavy atom. The van der Waals surface area contributed by atoms with E-state index in [1.54, 1.807) is 6.92 Å². The molecule has 0 saturated heterocycles. The Morgan fingerprint density at radius 1 is 1.26 bits per heavy atom. The fourth-order valence-corrected chi connectivity index (χ4v) is 1.97. The molecule has 2 rings (SSSR count). The maximum absolute atomic E-state index is 13.3. The molecule has 0 fully saturated rings. The van der Waals surface area contributed by atoms with E-state index in [0.717, 1.165) is 12.1 Å². The van der Waals surface area contributed by atoms with Crippen molar-refractivity contribution in [3.05, 3.63) is 52.9 Å². The Kier molecular flexibility index (Phi) is 5.05. The van der Waals surface area contributed by atoms with Gasteiger partial charge in [0.1, 0.15) is 5.76 Å². The number of amides is 1. The second-order valence-corrected chi connectivity index (χ2v) is 4.94. The largest absolute Gasteiger partial charge is 0.481 e. The summed E-state index contributed by atoms with van der Waals surface area (Å²) in [7, 11) is 0. The molecule has 1 aromatic heterocycles. The van der Waals surface area contributed by atoms with Crippen LogP contribution in [0, 0.1) is 18.6 Å². The average Bonchev–Trinajstić information content (AvgIpc) is 2.92. The lowest BCUT2D eigenvalue weighted by Gasteiger charge is -2.21. The second-order valence-electron chi connectivity index (χ2n) is 4.94. The summed E-state index contributed by atoms with van der Waals surface area (Å²) in [4.78, 5) is 24.3. The van der Waals surface area contributed by atoms with Crippen molar-refractivity contribution in [2.45, 2.75) is 19.9 Å². The van der Waals surface area contributed by atoms with Crippen LogP contribution in [0.25, 0.3) is 0 Å². The average molecular weight is 324 g/mol. The minimum atomic E-state index is -1.08. The molecule has 0 aliphatic rings. The number of nitrogens with zero attached hydrogens (tertiary/aromatic N) is 2. The highest BCUT2D eigenvalue weighted by molar-refractivity contribution is 5.92. The molecule has 0 aliphatic heterocycles. The van der Waals surface area contributed by atoms with Gasteiger partial charge in [0.25, 0.3) is 5.91 Å². The van der Waals surface area contributed by atoms with E-state index in [1.165, 1.54) is 17.0 Å². The number of rotatable bonds is 6. The van der Waals surface area contributed by atoms with Gasteiger partial charge in [-0.3, -0.25) is 9.59 Å². The van der Waals surface area contributed by atoms with Crippen LogP contribution in [0.15, 0.2) is 28.8 Å². The van der Waals surface area contributed by atoms with Gasteiger partial charge in [-0.05, 0) is 24.6 Å². The molecule has 0 atom stereocenters. The maximum atomic E-state index is 13.3. The number of hydrogen-bond acceptors (Lipinski definition) is 4. The first-order chi connectivity index (χ1) is 10.9. The molecule has 0 spiro atoms. The first-order valence-corrected chi connectivity index (χ1v) is 6.75. The van der Waals surface area contributed by atoms with Crippen molar-refractivity contribution in [2.24, 2.45) is 0 Å². The van der Waals surface area contributed by atoms with Gasteiger partial charge in [0.15, 0.2) is 17.3 Å². The summed E-state index contributed by atoms with van der Waals surface area (Å²) >= 11 is 0. The van der Waals surface area contributed by atoms with Crippen molar-refractivity contribution in [2.75, 3.05) is 6.54 Å². The van der Waals surface area contributed by atoms with Crippen LogP contribution in [0.4, 0.5) is 8.78 Å². The zero-order valence-electron chi connectivity index (χ0n) is 12.3. The monoisotopic (exact) mass is 324 g/mol. The van der Waals surface area contributed by atoms with Gasteiger partial charge in [0, 0.05) is 19.2 Å². The predicted octanol–water partition coefficient (Wildman–Crippen LogP) is 2.38. The summed E-state index contributed by atoms with van der Waals surface area (Å²) in [5, 5.41) is 12.4. The molecule has 0 aliphatic carbocycles. The van der Waals surface area contributed by atoms with Gasteiger partial charge in [-0.15, -0.1) is 0 Å². The van der Waals surface area contributed by atoms with Gasteiger partial charge >= 0.3 is 5.97 Å². The number of aromatic nitrogens is 1. The Labute approximate surface area is 130 Å². The van der Waals surface area contributed by atoms with Gasteiger partial charge in [0.05, 0.1) is 6.42 Å². The molecule has 0 bridgehead atoms. The third kappa shape index (κ3) is 4.35. The van der Waals surface area contributed by atoms with Crippen molar-refractivity contribution in [3.63, 3.8) is 0 Å². The lowest BCUT2D eigenvalue weighted by molar-refractivity contribution is -0.137. The first kappa shape index (κ1) is 16.6. The molecule has 1 N–H and O–H groups in total. The Bertz CT molecular complexity index is 730. The van der Waals surface area contributed by atoms with E-state index >= 15 is 0 Å². The summed E-state index contributed by atoms with van der Waals surface area (Å²) in [6.45, 7) is 1.44. The molecule has 1 amide bonds. The minimum Gasteiger partial charge on any atom is -0.481 e. The van der Waals surface area contributed by atoms with Crippen LogP contribution >= 0.6 is 0 Å². The van der Waals surface area contributed by atoms with Gasteiger partial charge in [-0.25, -0.2) is 8.78 Å². The number of carboxylic acids is 1. The van der Waals surface area contributed by atoms with E-state index in [9.17, 15) is 18.4 Å². The van der Waals surface area contributed by atoms with Crippen molar-refractivity contribution < 1.29 is 28.0 Å². The van der Waals surface area contributed by atoms with Crippen LogP contribution in [0.1, 0.15) is 28.2 Å². The highest BCUT2D eigenvalue weighted by atomic mass is 19.2. The quantitative estimate of drug-likeness (QED) is 0.882. The fraction of sp³-hybridized carbons (Fsp3) is 0.267. The van der Waals surface area contributed by atoms with Gasteiger partial charge in [0.2, 0.25) is 0 Å². The summed E-state index contributed by atoms with van der Waals surface area (Å²) in [6.07, 6.45) is -0.285. The van der Waals surface area contributed by atoms with Gasteiger partial charge in [-0.2, -0.15) is 0 Å². The van der Waals surface area contributed by atoms with E-state index < -0.39 is 23.5 Å². The highest BCUT2D eigenvalue weighted by Gasteiger charge is 2.21. The smallest absolute Gasteiger partial charge is 0.305 e. The molecule has 0 radical (unpaired) electrons. The molecule has 6 nitrogen and oxygen atoms in total. The molecule has 8 heteroatoms. The van der Waals surface area contributed by atoms with Crippen molar-refractivity contribution >= 4 is 11.9 Å². The van der Waals surface area contributed by atoms with Crippen LogP contribution in [-0.4, -0.2) is 33.6 Å². The lowest BCUT2D eigenvalue weighted by atomic mass is 10.2. The van der Waals surface area contributed by atoms with Gasteiger partial charge < -0.3 is 14.5 Å². The van der Waals surface area contributed by atoms with E-state index in [4.69, 9.17) is 9.63 Å². The van der Waals surface area contributed by atoms with Crippen molar-refractivity contribution in [1.82, 2.24) is 10.1 Å². The van der Waals surface area contributed by atoms with E-state index in [1.807, 2.05) is 0 Å². The number of aryl methyl sites for hydroxylation is 1. The third-order valence-electron chi connectivity index (χ3n) is 3.09. The zero-order valence-corrected chi connectivity index (χ0v) is 12.3. The molecule has 1 aromatic carbocycles. The highest BCUT2D eigenvalue weighted by Crippen LogP contribution is 2.14. The number of carboxylic acid groups (broad SMARTS) is 1. The third-order valence-corrected chi connectivity index (χ3v) is 3.09. The molecular formula is C15H14F2N2O4. The first-order valence-electron chi connectivity index (χ1n) is 6.75. The summed E-state index contributed by atoms with van der Waals surface area (Å²) in [5.74, 6) is -3.23. The zero-order chi connectivity index (χ0) is 17.0. The Morgan fingerprint density at radius 3 is 2.57 bits per heavy atom. The topological polar surface area (TPSA) is 83.6 Å². The summed E-state index contributed by atoms with van der Waals surface area (Å²) in [6, 6.07) is 4.66. The molecule has 0 unspecified atom stereocenters. The van der Waals surface area contributed by atoms with Crippen LogP contribution in [0.2, 0.25) is 0 Å². The molecule has 2 aromatic rings. The van der Waals surface area contributed by atoms with Crippen LogP contribution < -0.4 is 0 Å². The SMILES string of the molecule is Cc1cc(C(=O)N(CCC(=O)O)Cc2ccc(F)c(F)c2)no1. The molecular weight excluding hydrogens is 310 g/mol. The van der Waals surface area contributed by atoms with Crippen LogP contribution in [0.3, 0.4) is 0 Å².